The molecule has 0 aliphatic rings. The molecule has 0 atom stereocenters. The number of nitrogens with one attached hydrogen (secondary N) is 2. The average Bonchev–Trinajstić information content (AvgIpc) is 2.83. The Morgan fingerprint density at radius 2 is 1.57 bits per heavy atom. The molecule has 3 rings (SSSR count). The van der Waals surface area contributed by atoms with E-state index >= 15 is 0 Å². The smallest absolute Gasteiger partial charge is 0.301 e. The molecule has 3 aromatic rings. The van der Waals surface area contributed by atoms with Gasteiger partial charge in [-0.25, -0.2) is 0 Å². The Kier molecular flexibility index (Phi) is 7.59. The highest BCUT2D eigenvalue weighted by Crippen LogP contribution is 2.28. The highest BCUT2D eigenvalue weighted by atomic mass is 16.6. The number of ether oxygens (including phenoxy) is 1. The van der Waals surface area contributed by atoms with E-state index in [2.05, 4.69) is 15.8 Å². The largest absolute Gasteiger partial charge is 0.484 e. The van der Waals surface area contributed by atoms with Crippen molar-refractivity contribution < 1.29 is 24.3 Å². The lowest BCUT2D eigenvalue weighted by atomic mass is 10.2. The van der Waals surface area contributed by atoms with Crippen LogP contribution in [0, 0.1) is 30.3 Å². The molecule has 35 heavy (non-hydrogen) atoms. The summed E-state index contributed by atoms with van der Waals surface area (Å²) in [7, 11) is 0. The second kappa shape index (κ2) is 11.0. The van der Waals surface area contributed by atoms with Crippen LogP contribution in [0.15, 0.2) is 71.8 Å². The normalized spacial score (nSPS) is 10.5. The first-order valence-electron chi connectivity index (χ1n) is 9.72. The molecule has 0 aliphatic heterocycles. The minimum atomic E-state index is -0.758. The Hall–Kier alpha value is -5.40. The molecule has 2 N–H and O–H groups in total. The van der Waals surface area contributed by atoms with Gasteiger partial charge in [0.2, 0.25) is 0 Å². The van der Waals surface area contributed by atoms with E-state index in [9.17, 15) is 35.1 Å². The van der Waals surface area contributed by atoms with Crippen LogP contribution in [-0.4, -0.2) is 33.5 Å². The van der Waals surface area contributed by atoms with E-state index in [4.69, 9.17) is 4.74 Å². The summed E-state index contributed by atoms with van der Waals surface area (Å²) in [6.07, 6.45) is 1.37. The molecule has 0 unspecified atom stereocenters. The van der Waals surface area contributed by atoms with Gasteiger partial charge in [-0.05, 0) is 42.0 Å². The number of hydrogen-bond acceptors (Lipinski definition) is 10. The SMILES string of the molecule is O=C(COc1ccc(/C=N/Nc2ccc([N+](=O)[O-])cc2[N+](=O)[O-])cc1)Nc1cccc([N+](=O)[O-])c1. The molecule has 3 aromatic carbocycles. The predicted molar refractivity (Wildman–Crippen MR) is 125 cm³/mol. The van der Waals surface area contributed by atoms with Crippen LogP contribution < -0.4 is 15.5 Å². The number of nitrogens with zero attached hydrogens (tertiary/aromatic N) is 4. The first-order valence-corrected chi connectivity index (χ1v) is 9.72. The topological polar surface area (TPSA) is 192 Å². The first kappa shape index (κ1) is 24.2. The number of amides is 1. The molecule has 14 heteroatoms. The molecule has 0 spiro atoms. The number of rotatable bonds is 10. The Bertz CT molecular complexity index is 1310. The number of hydrazone groups is 1. The average molecular weight is 480 g/mol. The van der Waals surface area contributed by atoms with Gasteiger partial charge >= 0.3 is 5.69 Å². The minimum absolute atomic E-state index is 0.0217. The van der Waals surface area contributed by atoms with Crippen LogP contribution in [0.3, 0.4) is 0 Å². The summed E-state index contributed by atoms with van der Waals surface area (Å²) in [6.45, 7) is -0.332. The Labute approximate surface area is 196 Å². The van der Waals surface area contributed by atoms with Gasteiger partial charge in [0.25, 0.3) is 17.3 Å². The molecular formula is C21H16N6O8. The van der Waals surface area contributed by atoms with Crippen molar-refractivity contribution >= 4 is 40.6 Å². The number of carbonyl (C=O) groups excluding carboxylic acids is 1. The van der Waals surface area contributed by atoms with E-state index in [-0.39, 0.29) is 23.7 Å². The van der Waals surface area contributed by atoms with Crippen molar-refractivity contribution in [2.75, 3.05) is 17.3 Å². The Balaban J connectivity index is 1.54. The van der Waals surface area contributed by atoms with E-state index in [0.717, 1.165) is 12.1 Å². The highest BCUT2D eigenvalue weighted by Gasteiger charge is 2.19. The second-order valence-corrected chi connectivity index (χ2v) is 6.80. The molecule has 1 amide bonds. The zero-order valence-corrected chi connectivity index (χ0v) is 17.7. The van der Waals surface area contributed by atoms with Crippen molar-refractivity contribution in [3.05, 3.63) is 103 Å². The molecule has 0 aromatic heterocycles. The van der Waals surface area contributed by atoms with Gasteiger partial charge in [-0.3, -0.25) is 40.6 Å². The van der Waals surface area contributed by atoms with Gasteiger partial charge in [0, 0.05) is 23.9 Å². The van der Waals surface area contributed by atoms with E-state index < -0.39 is 32.1 Å². The molecule has 0 bridgehead atoms. The quantitative estimate of drug-likeness (QED) is 0.246. The number of nitro groups is 3. The lowest BCUT2D eigenvalue weighted by Crippen LogP contribution is -2.20. The van der Waals surface area contributed by atoms with E-state index in [1.165, 1.54) is 36.5 Å². The monoisotopic (exact) mass is 480 g/mol. The zero-order valence-electron chi connectivity index (χ0n) is 17.7. The fourth-order valence-corrected chi connectivity index (χ4v) is 2.75. The second-order valence-electron chi connectivity index (χ2n) is 6.80. The lowest BCUT2D eigenvalue weighted by molar-refractivity contribution is -0.393. The van der Waals surface area contributed by atoms with Gasteiger partial charge in [0.05, 0.1) is 27.1 Å². The van der Waals surface area contributed by atoms with Gasteiger partial charge in [-0.15, -0.1) is 0 Å². The maximum Gasteiger partial charge on any atom is 0.301 e. The van der Waals surface area contributed by atoms with Crippen LogP contribution in [0.1, 0.15) is 5.56 Å². The van der Waals surface area contributed by atoms with Gasteiger partial charge in [0.1, 0.15) is 11.4 Å². The molecule has 0 heterocycles. The number of benzene rings is 3. The molecular weight excluding hydrogens is 464 g/mol. The van der Waals surface area contributed by atoms with Gasteiger partial charge in [-0.2, -0.15) is 5.10 Å². The highest BCUT2D eigenvalue weighted by molar-refractivity contribution is 5.92. The van der Waals surface area contributed by atoms with Crippen LogP contribution in [-0.2, 0) is 4.79 Å². The van der Waals surface area contributed by atoms with Crippen molar-refractivity contribution in [2.45, 2.75) is 0 Å². The van der Waals surface area contributed by atoms with Gasteiger partial charge in [0.15, 0.2) is 6.61 Å². The minimum Gasteiger partial charge on any atom is -0.484 e. The van der Waals surface area contributed by atoms with Crippen LogP contribution in [0.4, 0.5) is 28.4 Å². The molecule has 178 valence electrons. The van der Waals surface area contributed by atoms with Crippen molar-refractivity contribution in [3.8, 4) is 5.75 Å². The van der Waals surface area contributed by atoms with Crippen molar-refractivity contribution in [1.82, 2.24) is 0 Å². The molecule has 0 fully saturated rings. The number of nitro benzene ring substituents is 3. The van der Waals surface area contributed by atoms with E-state index in [0.29, 0.717) is 11.3 Å². The summed E-state index contributed by atoms with van der Waals surface area (Å²) in [5.41, 5.74) is 2.25. The number of carbonyl (C=O) groups is 1. The predicted octanol–water partition coefficient (Wildman–Crippen LogP) is 3.87. The Morgan fingerprint density at radius 3 is 2.23 bits per heavy atom. The Morgan fingerprint density at radius 1 is 0.886 bits per heavy atom. The summed E-state index contributed by atoms with van der Waals surface area (Å²) >= 11 is 0. The van der Waals surface area contributed by atoms with Crippen molar-refractivity contribution in [3.63, 3.8) is 0 Å². The first-order chi connectivity index (χ1) is 16.7. The maximum atomic E-state index is 12.0. The molecule has 14 nitrogen and oxygen atoms in total. The summed E-state index contributed by atoms with van der Waals surface area (Å²) in [6, 6.07) is 15.0. The van der Waals surface area contributed by atoms with Crippen LogP contribution in [0.2, 0.25) is 0 Å². The van der Waals surface area contributed by atoms with Gasteiger partial charge in [-0.1, -0.05) is 6.07 Å². The number of anilines is 2. The fourth-order valence-electron chi connectivity index (χ4n) is 2.75. The number of non-ortho nitro benzene ring substituents is 2. The number of hydrogen-bond donors (Lipinski definition) is 2. The molecule has 0 radical (unpaired) electrons. The van der Waals surface area contributed by atoms with Gasteiger partial charge < -0.3 is 10.1 Å². The molecule has 0 aliphatic carbocycles. The standard InChI is InChI=1S/C21H16N6O8/c28-21(23-15-2-1-3-16(10-15)25(29)30)13-35-18-7-4-14(5-8-18)12-22-24-19-9-6-17(26(31)32)11-20(19)27(33)34/h1-12,24H,13H2,(H,23,28)/b22-12+. The summed E-state index contributed by atoms with van der Waals surface area (Å²) in [5.74, 6) is -0.139. The third kappa shape index (κ3) is 6.79. The summed E-state index contributed by atoms with van der Waals surface area (Å²) in [4.78, 5) is 42.7. The third-order valence-electron chi connectivity index (χ3n) is 4.38. The van der Waals surface area contributed by atoms with Crippen LogP contribution >= 0.6 is 0 Å². The molecule has 0 saturated carbocycles. The van der Waals surface area contributed by atoms with Crippen molar-refractivity contribution in [1.29, 1.82) is 0 Å². The van der Waals surface area contributed by atoms with E-state index in [1.54, 1.807) is 24.3 Å². The maximum absolute atomic E-state index is 12.0. The zero-order chi connectivity index (χ0) is 25.4. The fraction of sp³-hybridized carbons (Fsp3) is 0.0476. The molecule has 0 saturated heterocycles. The van der Waals surface area contributed by atoms with Crippen molar-refractivity contribution in [2.24, 2.45) is 5.10 Å². The van der Waals surface area contributed by atoms with E-state index in [1.807, 2.05) is 0 Å². The third-order valence-corrected chi connectivity index (χ3v) is 4.38. The van der Waals surface area contributed by atoms with Crippen LogP contribution in [0.25, 0.3) is 0 Å². The van der Waals surface area contributed by atoms with Crippen LogP contribution in [0.5, 0.6) is 5.75 Å². The summed E-state index contributed by atoms with van der Waals surface area (Å²) in [5, 5.41) is 39.1. The lowest BCUT2D eigenvalue weighted by Gasteiger charge is -2.07. The summed E-state index contributed by atoms with van der Waals surface area (Å²) < 4.78 is 5.38.